The predicted octanol–water partition coefficient (Wildman–Crippen LogP) is 3.34. The average molecular weight is 325 g/mol. The molecule has 0 bridgehead atoms. The number of pyridine rings is 1. The highest BCUT2D eigenvalue weighted by Crippen LogP contribution is 2.24. The van der Waals surface area contributed by atoms with Crippen LogP contribution < -0.4 is 15.0 Å². The number of benzene rings is 1. The Bertz CT molecular complexity index is 650. The third-order valence-electron chi connectivity index (χ3n) is 4.30. The average Bonchev–Trinajstić information content (AvgIpc) is 2.62. The normalized spacial score (nSPS) is 15.1. The van der Waals surface area contributed by atoms with Crippen molar-refractivity contribution in [3.8, 4) is 5.75 Å². The molecule has 1 fully saturated rings. The number of nitrogens with one attached hydrogen (secondary N) is 1. The first kappa shape index (κ1) is 16.3. The summed E-state index contributed by atoms with van der Waals surface area (Å²) in [5, 5.41) is 2.75. The number of piperidine rings is 1. The highest BCUT2D eigenvalue weighted by Gasteiger charge is 2.19. The lowest BCUT2D eigenvalue weighted by Crippen LogP contribution is -2.35. The van der Waals surface area contributed by atoms with Crippen molar-refractivity contribution in [1.29, 1.82) is 0 Å². The minimum absolute atomic E-state index is 0.0652. The number of rotatable bonds is 5. The Morgan fingerprint density at radius 1 is 1.17 bits per heavy atom. The molecule has 0 aliphatic carbocycles. The second-order valence-corrected chi connectivity index (χ2v) is 6.15. The van der Waals surface area contributed by atoms with E-state index in [4.69, 9.17) is 4.74 Å². The topological polar surface area (TPSA) is 54.5 Å². The van der Waals surface area contributed by atoms with E-state index in [2.05, 4.69) is 27.3 Å². The van der Waals surface area contributed by atoms with Crippen LogP contribution in [0.25, 0.3) is 0 Å². The summed E-state index contributed by atoms with van der Waals surface area (Å²) in [6, 6.07) is 11.7. The monoisotopic (exact) mass is 325 g/mol. The number of anilines is 2. The first-order valence-electron chi connectivity index (χ1n) is 8.36. The van der Waals surface area contributed by atoms with E-state index in [1.54, 1.807) is 0 Å². The maximum absolute atomic E-state index is 11.0. The quantitative estimate of drug-likeness (QED) is 0.916. The highest BCUT2D eigenvalue weighted by molar-refractivity contribution is 5.88. The summed E-state index contributed by atoms with van der Waals surface area (Å²) in [5.41, 5.74) is 2.04. The number of carbonyl (C=O) groups is 1. The lowest BCUT2D eigenvalue weighted by molar-refractivity contribution is -0.114. The maximum Gasteiger partial charge on any atom is 0.221 e. The zero-order valence-electron chi connectivity index (χ0n) is 13.9. The van der Waals surface area contributed by atoms with Crippen LogP contribution in [0.4, 0.5) is 11.4 Å². The van der Waals surface area contributed by atoms with Crippen LogP contribution in [0.15, 0.2) is 48.8 Å². The fraction of sp³-hybridized carbons (Fsp3) is 0.368. The number of nitrogens with zero attached hydrogens (tertiary/aromatic N) is 2. The van der Waals surface area contributed by atoms with E-state index >= 15 is 0 Å². The minimum Gasteiger partial charge on any atom is -0.493 e. The van der Waals surface area contributed by atoms with Gasteiger partial charge in [0.2, 0.25) is 5.91 Å². The summed E-state index contributed by atoms with van der Waals surface area (Å²) >= 11 is 0. The number of carbonyl (C=O) groups excluding carboxylic acids is 1. The molecule has 1 saturated heterocycles. The highest BCUT2D eigenvalue weighted by atomic mass is 16.5. The van der Waals surface area contributed by atoms with Gasteiger partial charge in [0, 0.05) is 43.8 Å². The van der Waals surface area contributed by atoms with Crippen molar-refractivity contribution in [2.45, 2.75) is 19.8 Å². The van der Waals surface area contributed by atoms with E-state index in [-0.39, 0.29) is 5.91 Å². The van der Waals surface area contributed by atoms with Crippen molar-refractivity contribution < 1.29 is 9.53 Å². The van der Waals surface area contributed by atoms with Gasteiger partial charge >= 0.3 is 0 Å². The molecule has 3 rings (SSSR count). The molecule has 1 aliphatic rings. The molecule has 0 radical (unpaired) electrons. The Kier molecular flexibility index (Phi) is 5.31. The van der Waals surface area contributed by atoms with E-state index < -0.39 is 0 Å². The van der Waals surface area contributed by atoms with E-state index in [1.807, 2.05) is 36.7 Å². The Hall–Kier alpha value is -2.56. The number of amides is 1. The molecule has 5 nitrogen and oxygen atoms in total. The largest absolute Gasteiger partial charge is 0.493 e. The van der Waals surface area contributed by atoms with Gasteiger partial charge in [0.05, 0.1) is 6.61 Å². The van der Waals surface area contributed by atoms with E-state index in [0.29, 0.717) is 5.92 Å². The van der Waals surface area contributed by atoms with E-state index in [1.165, 1.54) is 12.6 Å². The number of ether oxygens (including phenoxy) is 1. The number of hydrogen-bond donors (Lipinski definition) is 1. The van der Waals surface area contributed by atoms with Crippen molar-refractivity contribution in [3.05, 3.63) is 48.8 Å². The molecule has 0 unspecified atom stereocenters. The number of aromatic nitrogens is 1. The van der Waals surface area contributed by atoms with Crippen LogP contribution in [0.2, 0.25) is 0 Å². The van der Waals surface area contributed by atoms with Crippen LogP contribution in [0.5, 0.6) is 5.75 Å². The molecule has 1 aromatic heterocycles. The zero-order chi connectivity index (χ0) is 16.8. The SMILES string of the molecule is CC(=O)Nc1ccc(OCC2CCN(c3ccncc3)CC2)cc1. The van der Waals surface area contributed by atoms with Crippen LogP contribution in [0, 0.1) is 5.92 Å². The summed E-state index contributed by atoms with van der Waals surface area (Å²) in [5.74, 6) is 1.36. The summed E-state index contributed by atoms with van der Waals surface area (Å²) in [6.07, 6.45) is 5.95. The van der Waals surface area contributed by atoms with Crippen molar-refractivity contribution >= 4 is 17.3 Å². The van der Waals surface area contributed by atoms with Crippen molar-refractivity contribution in [3.63, 3.8) is 0 Å². The molecule has 0 saturated carbocycles. The summed E-state index contributed by atoms with van der Waals surface area (Å²) in [4.78, 5) is 17.5. The van der Waals surface area contributed by atoms with Crippen molar-refractivity contribution in [1.82, 2.24) is 4.98 Å². The standard InChI is InChI=1S/C19H23N3O2/c1-15(23)21-17-2-4-19(5-3-17)24-14-16-8-12-22(13-9-16)18-6-10-20-11-7-18/h2-7,10-11,16H,8-9,12-14H2,1H3,(H,21,23). The maximum atomic E-state index is 11.0. The molecular formula is C19H23N3O2. The van der Waals surface area contributed by atoms with Crippen LogP contribution >= 0.6 is 0 Å². The smallest absolute Gasteiger partial charge is 0.221 e. The van der Waals surface area contributed by atoms with Gasteiger partial charge < -0.3 is 15.0 Å². The first-order chi connectivity index (χ1) is 11.7. The molecule has 0 atom stereocenters. The molecule has 0 spiro atoms. The second-order valence-electron chi connectivity index (χ2n) is 6.15. The molecule has 1 aromatic carbocycles. The fourth-order valence-corrected chi connectivity index (χ4v) is 2.96. The first-order valence-corrected chi connectivity index (χ1v) is 8.36. The van der Waals surface area contributed by atoms with Gasteiger partial charge in [-0.1, -0.05) is 0 Å². The van der Waals surface area contributed by atoms with Crippen LogP contribution in [0.1, 0.15) is 19.8 Å². The Labute approximate surface area is 142 Å². The van der Waals surface area contributed by atoms with E-state index in [9.17, 15) is 4.79 Å². The van der Waals surface area contributed by atoms with Gasteiger partial charge in [0.25, 0.3) is 0 Å². The molecule has 2 aromatic rings. The van der Waals surface area contributed by atoms with Crippen molar-refractivity contribution in [2.75, 3.05) is 29.9 Å². The fourth-order valence-electron chi connectivity index (χ4n) is 2.96. The van der Waals surface area contributed by atoms with Crippen LogP contribution in [-0.2, 0) is 4.79 Å². The Morgan fingerprint density at radius 3 is 2.46 bits per heavy atom. The molecular weight excluding hydrogens is 302 g/mol. The van der Waals surface area contributed by atoms with E-state index in [0.717, 1.165) is 44.0 Å². The third kappa shape index (κ3) is 4.47. The van der Waals surface area contributed by atoms with Gasteiger partial charge in [-0.25, -0.2) is 0 Å². The zero-order valence-corrected chi connectivity index (χ0v) is 13.9. The summed E-state index contributed by atoms with van der Waals surface area (Å²) in [7, 11) is 0. The molecule has 5 heteroatoms. The van der Waals surface area contributed by atoms with Gasteiger partial charge in [-0.15, -0.1) is 0 Å². The molecule has 24 heavy (non-hydrogen) atoms. The van der Waals surface area contributed by atoms with Gasteiger partial charge in [-0.3, -0.25) is 9.78 Å². The predicted molar refractivity (Wildman–Crippen MR) is 95.4 cm³/mol. The lowest BCUT2D eigenvalue weighted by Gasteiger charge is -2.33. The molecule has 1 aliphatic heterocycles. The molecule has 1 N–H and O–H groups in total. The van der Waals surface area contributed by atoms with Crippen LogP contribution in [0.3, 0.4) is 0 Å². The molecule has 1 amide bonds. The van der Waals surface area contributed by atoms with Gasteiger partial charge in [-0.05, 0) is 55.2 Å². The molecule has 126 valence electrons. The molecule has 2 heterocycles. The second kappa shape index (κ2) is 7.81. The lowest BCUT2D eigenvalue weighted by atomic mass is 9.97. The summed E-state index contributed by atoms with van der Waals surface area (Å²) < 4.78 is 5.91. The van der Waals surface area contributed by atoms with Gasteiger partial charge in [-0.2, -0.15) is 0 Å². The van der Waals surface area contributed by atoms with Crippen LogP contribution in [-0.4, -0.2) is 30.6 Å². The third-order valence-corrected chi connectivity index (χ3v) is 4.30. The minimum atomic E-state index is -0.0652. The Morgan fingerprint density at radius 2 is 1.83 bits per heavy atom. The van der Waals surface area contributed by atoms with Gasteiger partial charge in [0.15, 0.2) is 0 Å². The number of hydrogen-bond acceptors (Lipinski definition) is 4. The van der Waals surface area contributed by atoms with Crippen molar-refractivity contribution in [2.24, 2.45) is 5.92 Å². The summed E-state index contributed by atoms with van der Waals surface area (Å²) in [6.45, 7) is 4.35. The Balaban J connectivity index is 1.44. The van der Waals surface area contributed by atoms with Gasteiger partial charge in [0.1, 0.15) is 5.75 Å².